The molecule has 1 aromatic rings. The van der Waals surface area contributed by atoms with Crippen molar-refractivity contribution >= 4 is 53.4 Å². The van der Waals surface area contributed by atoms with Gasteiger partial charge in [0.2, 0.25) is 11.8 Å². The number of nitrogens with zero attached hydrogens (tertiary/aromatic N) is 1. The summed E-state index contributed by atoms with van der Waals surface area (Å²) in [5, 5.41) is 3.02. The fraction of sp³-hybridized carbons (Fsp3) is 0.571. The minimum absolute atomic E-state index is 0.148. The maximum Gasteiger partial charge on any atom is 0.246 e. The highest BCUT2D eigenvalue weighted by Crippen LogP contribution is 2.29. The molecule has 9 heteroatoms. The molecule has 0 bridgehead atoms. The molecule has 1 saturated heterocycles. The summed E-state index contributed by atoms with van der Waals surface area (Å²) in [5.74, 6) is -0.970. The van der Waals surface area contributed by atoms with Gasteiger partial charge in [0.15, 0.2) is 5.78 Å². The first-order valence-corrected chi connectivity index (χ1v) is 11.3. The number of amides is 2. The lowest BCUT2D eigenvalue weighted by molar-refractivity contribution is -0.141. The van der Waals surface area contributed by atoms with Crippen LogP contribution in [0.5, 0.6) is 0 Å². The number of benzene rings is 1. The molecular weight excluding hydrogens is 445 g/mol. The van der Waals surface area contributed by atoms with Crippen LogP contribution in [0.25, 0.3) is 0 Å². The third-order valence-corrected chi connectivity index (χ3v) is 6.44. The summed E-state index contributed by atoms with van der Waals surface area (Å²) in [6, 6.07) is 3.12. The van der Waals surface area contributed by atoms with Crippen molar-refractivity contribution in [2.45, 2.75) is 63.4 Å². The Balaban J connectivity index is 2.15. The number of hydrogen-bond acceptors (Lipinski definition) is 5. The van der Waals surface area contributed by atoms with Crippen molar-refractivity contribution in [3.8, 4) is 0 Å². The van der Waals surface area contributed by atoms with Gasteiger partial charge in [0.25, 0.3) is 0 Å². The van der Waals surface area contributed by atoms with E-state index in [2.05, 4.69) is 17.9 Å². The maximum absolute atomic E-state index is 13.2. The number of hydrogen-bond donors (Lipinski definition) is 3. The predicted octanol–water partition coefficient (Wildman–Crippen LogP) is 2.88. The Morgan fingerprint density at radius 1 is 1.23 bits per heavy atom. The number of ketones is 1. The molecule has 2 rings (SSSR count). The standard InChI is InChI=1S/C21H29Cl2N3O3S/c1-11(2)18(25-20(28)12(3)24)21(29)26-9-5-8-16(26)19(27)17(30)10-13-14(22)6-4-7-15(13)23/h4,6-7,11-12,16-18,30H,5,8-10,24H2,1-3H3,(H,25,28)/t12?,16-,17?,18?/m0/s1. The molecule has 1 aromatic carbocycles. The smallest absolute Gasteiger partial charge is 0.246 e. The van der Waals surface area contributed by atoms with Gasteiger partial charge < -0.3 is 16.0 Å². The van der Waals surface area contributed by atoms with E-state index in [-0.39, 0.29) is 24.0 Å². The Kier molecular flexibility index (Phi) is 9.03. The van der Waals surface area contributed by atoms with E-state index in [1.54, 1.807) is 30.0 Å². The molecule has 3 unspecified atom stereocenters. The highest BCUT2D eigenvalue weighted by atomic mass is 35.5. The van der Waals surface area contributed by atoms with Gasteiger partial charge in [-0.1, -0.05) is 43.1 Å². The van der Waals surface area contributed by atoms with E-state index in [0.717, 1.165) is 0 Å². The summed E-state index contributed by atoms with van der Waals surface area (Å²) in [6.07, 6.45) is 1.54. The van der Waals surface area contributed by atoms with E-state index in [1.165, 1.54) is 0 Å². The summed E-state index contributed by atoms with van der Waals surface area (Å²) < 4.78 is 0. The van der Waals surface area contributed by atoms with Crippen LogP contribution in [-0.2, 0) is 20.8 Å². The summed E-state index contributed by atoms with van der Waals surface area (Å²) in [5.41, 5.74) is 6.29. The summed E-state index contributed by atoms with van der Waals surface area (Å²) in [7, 11) is 0. The van der Waals surface area contributed by atoms with E-state index >= 15 is 0 Å². The minimum atomic E-state index is -0.742. The highest BCUT2D eigenvalue weighted by molar-refractivity contribution is 7.81. The maximum atomic E-state index is 13.2. The van der Waals surface area contributed by atoms with Crippen LogP contribution in [0.2, 0.25) is 10.0 Å². The zero-order chi connectivity index (χ0) is 22.6. The van der Waals surface area contributed by atoms with Crippen molar-refractivity contribution in [2.24, 2.45) is 11.7 Å². The number of Topliss-reactive ketones (excluding diaryl/α,β-unsaturated/α-hetero) is 1. The Labute approximate surface area is 193 Å². The van der Waals surface area contributed by atoms with Crippen LogP contribution in [0.4, 0.5) is 0 Å². The SMILES string of the molecule is CC(N)C(=O)NC(C(=O)N1CCC[C@H]1C(=O)C(S)Cc1c(Cl)cccc1Cl)C(C)C. The molecule has 0 spiro atoms. The second-order valence-electron chi connectivity index (χ2n) is 8.03. The van der Waals surface area contributed by atoms with E-state index in [4.69, 9.17) is 28.9 Å². The van der Waals surface area contributed by atoms with Gasteiger partial charge in [-0.15, -0.1) is 0 Å². The fourth-order valence-corrected chi connectivity index (χ4v) is 4.45. The largest absolute Gasteiger partial charge is 0.343 e. The van der Waals surface area contributed by atoms with Crippen LogP contribution in [0.1, 0.15) is 39.2 Å². The number of thiol groups is 1. The molecule has 0 aromatic heterocycles. The average Bonchev–Trinajstić information content (AvgIpc) is 3.16. The van der Waals surface area contributed by atoms with Gasteiger partial charge in [-0.2, -0.15) is 12.6 Å². The van der Waals surface area contributed by atoms with Crippen LogP contribution in [0, 0.1) is 5.92 Å². The van der Waals surface area contributed by atoms with Gasteiger partial charge in [-0.05, 0) is 49.8 Å². The van der Waals surface area contributed by atoms with Crippen LogP contribution in [-0.4, -0.2) is 52.4 Å². The van der Waals surface area contributed by atoms with E-state index in [0.29, 0.717) is 35.0 Å². The zero-order valence-electron chi connectivity index (χ0n) is 17.4. The molecule has 166 valence electrons. The van der Waals surface area contributed by atoms with Gasteiger partial charge in [0, 0.05) is 16.6 Å². The number of halogens is 2. The van der Waals surface area contributed by atoms with Crippen molar-refractivity contribution < 1.29 is 14.4 Å². The Bertz CT molecular complexity index is 783. The third kappa shape index (κ3) is 5.90. The minimum Gasteiger partial charge on any atom is -0.343 e. The molecule has 0 saturated carbocycles. The molecule has 0 radical (unpaired) electrons. The van der Waals surface area contributed by atoms with Crippen molar-refractivity contribution in [3.63, 3.8) is 0 Å². The lowest BCUT2D eigenvalue weighted by atomic mass is 9.98. The Morgan fingerprint density at radius 2 is 1.83 bits per heavy atom. The van der Waals surface area contributed by atoms with Crippen LogP contribution < -0.4 is 11.1 Å². The number of carbonyl (C=O) groups is 3. The highest BCUT2D eigenvalue weighted by Gasteiger charge is 2.40. The molecule has 1 fully saturated rings. The zero-order valence-corrected chi connectivity index (χ0v) is 19.8. The number of rotatable bonds is 8. The Hall–Kier alpha value is -1.28. The summed E-state index contributed by atoms with van der Waals surface area (Å²) in [4.78, 5) is 40.0. The van der Waals surface area contributed by atoms with Gasteiger partial charge in [0.05, 0.1) is 17.3 Å². The topological polar surface area (TPSA) is 92.5 Å². The monoisotopic (exact) mass is 473 g/mol. The van der Waals surface area contributed by atoms with E-state index < -0.39 is 29.3 Å². The van der Waals surface area contributed by atoms with E-state index in [1.807, 2.05) is 13.8 Å². The first-order chi connectivity index (χ1) is 14.0. The van der Waals surface area contributed by atoms with Gasteiger partial charge in [-0.3, -0.25) is 14.4 Å². The van der Waals surface area contributed by atoms with Crippen molar-refractivity contribution in [1.82, 2.24) is 10.2 Å². The Morgan fingerprint density at radius 3 is 2.37 bits per heavy atom. The molecular formula is C21H29Cl2N3O3S. The molecule has 30 heavy (non-hydrogen) atoms. The second-order valence-corrected chi connectivity index (χ2v) is 9.47. The van der Waals surface area contributed by atoms with Gasteiger partial charge in [0.1, 0.15) is 6.04 Å². The number of nitrogens with one attached hydrogen (secondary N) is 1. The van der Waals surface area contributed by atoms with E-state index in [9.17, 15) is 14.4 Å². The average molecular weight is 474 g/mol. The number of nitrogens with two attached hydrogens (primary N) is 1. The van der Waals surface area contributed by atoms with Gasteiger partial charge >= 0.3 is 0 Å². The van der Waals surface area contributed by atoms with Gasteiger partial charge in [-0.25, -0.2) is 0 Å². The number of likely N-dealkylation sites (tertiary alicyclic amines) is 1. The summed E-state index contributed by atoms with van der Waals surface area (Å²) in [6.45, 7) is 5.71. The quantitative estimate of drug-likeness (QED) is 0.506. The number of carbonyl (C=O) groups excluding carboxylic acids is 3. The lowest BCUT2D eigenvalue weighted by Crippen LogP contribution is -2.56. The molecule has 4 atom stereocenters. The lowest BCUT2D eigenvalue weighted by Gasteiger charge is -2.31. The third-order valence-electron chi connectivity index (χ3n) is 5.30. The van der Waals surface area contributed by atoms with Crippen molar-refractivity contribution in [1.29, 1.82) is 0 Å². The molecule has 0 aliphatic carbocycles. The normalized spacial score (nSPS) is 19.5. The molecule has 6 nitrogen and oxygen atoms in total. The second kappa shape index (κ2) is 10.8. The van der Waals surface area contributed by atoms with Crippen LogP contribution in [0.15, 0.2) is 18.2 Å². The first-order valence-electron chi connectivity index (χ1n) is 10.1. The van der Waals surface area contributed by atoms with Crippen molar-refractivity contribution in [3.05, 3.63) is 33.8 Å². The molecule has 1 heterocycles. The predicted molar refractivity (Wildman–Crippen MR) is 123 cm³/mol. The fourth-order valence-electron chi connectivity index (χ4n) is 3.55. The molecule has 1 aliphatic heterocycles. The summed E-state index contributed by atoms with van der Waals surface area (Å²) >= 11 is 16.9. The molecule has 3 N–H and O–H groups in total. The molecule has 1 aliphatic rings. The van der Waals surface area contributed by atoms with Crippen LogP contribution in [0.3, 0.4) is 0 Å². The van der Waals surface area contributed by atoms with Crippen molar-refractivity contribution in [2.75, 3.05) is 6.54 Å². The first kappa shape index (κ1) is 25.0. The molecule has 2 amide bonds. The van der Waals surface area contributed by atoms with Crippen LogP contribution >= 0.6 is 35.8 Å².